The lowest BCUT2D eigenvalue weighted by Crippen LogP contribution is -2.30. The fourth-order valence-corrected chi connectivity index (χ4v) is 3.87. The first-order valence-electron chi connectivity index (χ1n) is 7.21. The number of hydrogen-bond donors (Lipinski definition) is 2. The lowest BCUT2D eigenvalue weighted by atomic mass is 10.1. The van der Waals surface area contributed by atoms with Gasteiger partial charge >= 0.3 is 0 Å². The summed E-state index contributed by atoms with van der Waals surface area (Å²) in [7, 11) is 1.99. The highest BCUT2D eigenvalue weighted by atomic mass is 32.2. The molecule has 1 heterocycles. The van der Waals surface area contributed by atoms with Gasteiger partial charge < -0.3 is 15.3 Å². The number of nitrogens with one attached hydrogen (secondary N) is 1. The van der Waals surface area contributed by atoms with Gasteiger partial charge in [-0.15, -0.1) is 0 Å². The maximum atomic E-state index is 9.75. The van der Waals surface area contributed by atoms with Gasteiger partial charge in [-0.2, -0.15) is 0 Å². The van der Waals surface area contributed by atoms with Gasteiger partial charge in [0.2, 0.25) is 0 Å². The van der Waals surface area contributed by atoms with E-state index in [0.717, 1.165) is 18.0 Å². The second kappa shape index (κ2) is 6.00. The van der Waals surface area contributed by atoms with Gasteiger partial charge in [-0.25, -0.2) is 0 Å². The van der Waals surface area contributed by atoms with Crippen LogP contribution in [0.5, 0.6) is 5.75 Å². The minimum absolute atomic E-state index is 0.323. The summed E-state index contributed by atoms with van der Waals surface area (Å²) < 4.78 is 0. The van der Waals surface area contributed by atoms with E-state index < -0.39 is 0 Å². The molecule has 3 rings (SSSR count). The lowest BCUT2D eigenvalue weighted by molar-refractivity contribution is 0.473. The number of phenols is 1. The molecule has 0 saturated heterocycles. The van der Waals surface area contributed by atoms with E-state index in [-0.39, 0.29) is 0 Å². The fourth-order valence-electron chi connectivity index (χ4n) is 2.74. The molecule has 2 aromatic carbocycles. The van der Waals surface area contributed by atoms with E-state index in [2.05, 4.69) is 41.4 Å². The minimum atomic E-state index is 0.323. The van der Waals surface area contributed by atoms with E-state index in [1.807, 2.05) is 19.2 Å². The van der Waals surface area contributed by atoms with Crippen molar-refractivity contribution in [2.75, 3.05) is 25.0 Å². The molecule has 3 nitrogen and oxygen atoms in total. The van der Waals surface area contributed by atoms with Crippen LogP contribution in [0.25, 0.3) is 0 Å². The Morgan fingerprint density at radius 1 is 1.14 bits per heavy atom. The van der Waals surface area contributed by atoms with E-state index >= 15 is 0 Å². The van der Waals surface area contributed by atoms with Crippen LogP contribution in [-0.2, 0) is 0 Å². The van der Waals surface area contributed by atoms with Crippen LogP contribution in [0.2, 0.25) is 0 Å². The Labute approximate surface area is 130 Å². The number of para-hydroxylation sites is 1. The number of nitrogens with zero attached hydrogens (tertiary/aromatic N) is 1. The largest absolute Gasteiger partial charge is 0.508 e. The Balaban J connectivity index is 2.01. The number of fused-ring (bicyclic) bond motifs is 2. The van der Waals surface area contributed by atoms with Crippen molar-refractivity contribution in [1.82, 2.24) is 5.32 Å². The topological polar surface area (TPSA) is 35.5 Å². The molecule has 0 radical (unpaired) electrons. The molecule has 0 aliphatic carbocycles. The maximum absolute atomic E-state index is 9.75. The SMILES string of the molecule is CNC[C@H](C)CN1c2ccccc2Sc2cc(O)ccc21. The molecule has 21 heavy (non-hydrogen) atoms. The van der Waals surface area contributed by atoms with Gasteiger partial charge in [-0.3, -0.25) is 0 Å². The lowest BCUT2D eigenvalue weighted by Gasteiger charge is -2.34. The predicted molar refractivity (Wildman–Crippen MR) is 88.8 cm³/mol. The van der Waals surface area contributed by atoms with Gasteiger partial charge in [0, 0.05) is 16.3 Å². The molecule has 2 N–H and O–H groups in total. The molecular weight excluding hydrogens is 280 g/mol. The van der Waals surface area contributed by atoms with Gasteiger partial charge in [-0.05, 0) is 49.8 Å². The molecule has 1 atom stereocenters. The van der Waals surface area contributed by atoms with Crippen molar-refractivity contribution in [2.24, 2.45) is 5.92 Å². The first-order chi connectivity index (χ1) is 10.2. The van der Waals surface area contributed by atoms with Crippen LogP contribution in [0, 0.1) is 5.92 Å². The molecule has 1 aliphatic rings. The average molecular weight is 300 g/mol. The molecule has 0 amide bonds. The highest BCUT2D eigenvalue weighted by molar-refractivity contribution is 7.99. The second-order valence-electron chi connectivity index (χ2n) is 5.50. The Hall–Kier alpha value is -1.65. The molecule has 0 fully saturated rings. The van der Waals surface area contributed by atoms with Gasteiger partial charge in [0.1, 0.15) is 5.75 Å². The van der Waals surface area contributed by atoms with Crippen LogP contribution in [0.15, 0.2) is 52.3 Å². The fraction of sp³-hybridized carbons (Fsp3) is 0.294. The van der Waals surface area contributed by atoms with Crippen molar-refractivity contribution in [3.8, 4) is 5.75 Å². The molecule has 1 aliphatic heterocycles. The Morgan fingerprint density at radius 2 is 1.90 bits per heavy atom. The third-order valence-electron chi connectivity index (χ3n) is 3.66. The number of anilines is 2. The number of rotatable bonds is 4. The van der Waals surface area contributed by atoms with Crippen molar-refractivity contribution in [3.63, 3.8) is 0 Å². The summed E-state index contributed by atoms with van der Waals surface area (Å²) in [6.45, 7) is 4.19. The van der Waals surface area contributed by atoms with Crippen LogP contribution in [-0.4, -0.2) is 25.2 Å². The first-order valence-corrected chi connectivity index (χ1v) is 8.02. The third-order valence-corrected chi connectivity index (χ3v) is 4.77. The van der Waals surface area contributed by atoms with Gasteiger partial charge in [0.05, 0.1) is 11.4 Å². The molecule has 0 unspecified atom stereocenters. The number of phenolic OH excluding ortho intramolecular Hbond substituents is 1. The number of benzene rings is 2. The van der Waals surface area contributed by atoms with Gasteiger partial charge in [0.15, 0.2) is 0 Å². The Kier molecular flexibility index (Phi) is 4.08. The molecule has 0 saturated carbocycles. The first kappa shape index (κ1) is 14.3. The van der Waals surface area contributed by atoms with Gasteiger partial charge in [0.25, 0.3) is 0 Å². The van der Waals surface area contributed by atoms with Crippen molar-refractivity contribution < 1.29 is 5.11 Å². The van der Waals surface area contributed by atoms with Crippen molar-refractivity contribution in [2.45, 2.75) is 16.7 Å². The maximum Gasteiger partial charge on any atom is 0.116 e. The van der Waals surface area contributed by atoms with Crippen LogP contribution in [0.4, 0.5) is 11.4 Å². The van der Waals surface area contributed by atoms with E-state index in [1.165, 1.54) is 16.3 Å². The number of hydrogen-bond acceptors (Lipinski definition) is 4. The normalized spacial score (nSPS) is 14.5. The zero-order valence-corrected chi connectivity index (χ0v) is 13.2. The van der Waals surface area contributed by atoms with Crippen molar-refractivity contribution in [1.29, 1.82) is 0 Å². The summed E-state index contributed by atoms with van der Waals surface area (Å²) in [6.07, 6.45) is 0. The monoisotopic (exact) mass is 300 g/mol. The summed E-state index contributed by atoms with van der Waals surface area (Å²) in [5.74, 6) is 0.858. The second-order valence-corrected chi connectivity index (χ2v) is 6.58. The molecule has 0 aromatic heterocycles. The standard InChI is InChI=1S/C17H20N2OS/c1-12(10-18-2)11-19-14-5-3-4-6-16(14)21-17-9-13(20)7-8-15(17)19/h3-9,12,18,20H,10-11H2,1-2H3/t12-/m0/s1. The van der Waals surface area contributed by atoms with Crippen LogP contribution in [0.3, 0.4) is 0 Å². The third kappa shape index (κ3) is 2.87. The van der Waals surface area contributed by atoms with E-state index in [9.17, 15) is 5.11 Å². The number of aromatic hydroxyl groups is 1. The smallest absolute Gasteiger partial charge is 0.116 e. The van der Waals surface area contributed by atoms with Gasteiger partial charge in [-0.1, -0.05) is 30.8 Å². The summed E-state index contributed by atoms with van der Waals surface area (Å²) in [5.41, 5.74) is 2.43. The molecular formula is C17H20N2OS. The Morgan fingerprint density at radius 3 is 2.71 bits per heavy atom. The molecule has 2 aromatic rings. The quantitative estimate of drug-likeness (QED) is 0.899. The molecule has 110 valence electrons. The molecule has 4 heteroatoms. The Bertz CT molecular complexity index is 644. The molecule has 0 spiro atoms. The van der Waals surface area contributed by atoms with Crippen molar-refractivity contribution >= 4 is 23.1 Å². The zero-order valence-electron chi connectivity index (χ0n) is 12.3. The summed E-state index contributed by atoms with van der Waals surface area (Å²) >= 11 is 1.72. The highest BCUT2D eigenvalue weighted by Gasteiger charge is 2.24. The van der Waals surface area contributed by atoms with E-state index in [0.29, 0.717) is 11.7 Å². The van der Waals surface area contributed by atoms with Crippen molar-refractivity contribution in [3.05, 3.63) is 42.5 Å². The molecule has 0 bridgehead atoms. The van der Waals surface area contributed by atoms with Crippen LogP contribution in [0.1, 0.15) is 6.92 Å². The van der Waals surface area contributed by atoms with E-state index in [1.54, 1.807) is 17.8 Å². The summed E-state index contributed by atoms with van der Waals surface area (Å²) in [6, 6.07) is 14.1. The highest BCUT2D eigenvalue weighted by Crippen LogP contribution is 2.49. The van der Waals surface area contributed by atoms with Crippen LogP contribution >= 0.6 is 11.8 Å². The summed E-state index contributed by atoms with van der Waals surface area (Å²) in [4.78, 5) is 4.72. The van der Waals surface area contributed by atoms with E-state index in [4.69, 9.17) is 0 Å². The average Bonchev–Trinajstić information content (AvgIpc) is 2.47. The zero-order chi connectivity index (χ0) is 14.8. The predicted octanol–water partition coefficient (Wildman–Crippen LogP) is 3.85. The van der Waals surface area contributed by atoms with Crippen LogP contribution < -0.4 is 10.2 Å². The minimum Gasteiger partial charge on any atom is -0.508 e. The summed E-state index contributed by atoms with van der Waals surface area (Å²) in [5, 5.41) is 13.0.